The number of nitrogens with zero attached hydrogens (tertiary/aromatic N) is 5. The van der Waals surface area contributed by atoms with Crippen molar-refractivity contribution in [2.24, 2.45) is 4.99 Å². The minimum Gasteiger partial charge on any atom is -0.496 e. The minimum absolute atomic E-state index is 0.0609. The molecule has 12 heteroatoms. The van der Waals surface area contributed by atoms with E-state index in [1.165, 1.54) is 35.1 Å². The van der Waals surface area contributed by atoms with Gasteiger partial charge in [-0.3, -0.25) is 19.5 Å². The molecule has 0 aliphatic carbocycles. The molecule has 1 atom stereocenters. The van der Waals surface area contributed by atoms with Crippen molar-refractivity contribution in [1.82, 2.24) is 9.47 Å². The number of rotatable bonds is 7. The fraction of sp³-hybridized carbons (Fsp3) is 0.345. The van der Waals surface area contributed by atoms with Gasteiger partial charge >= 0.3 is 5.97 Å². The molecule has 5 rings (SSSR count). The van der Waals surface area contributed by atoms with Crippen molar-refractivity contribution in [2.75, 3.05) is 51.8 Å². The van der Waals surface area contributed by atoms with Crippen LogP contribution in [0.5, 0.6) is 5.75 Å². The maximum absolute atomic E-state index is 14.1. The molecule has 11 nitrogen and oxygen atoms in total. The minimum atomic E-state index is -0.828. The number of anilines is 1. The summed E-state index contributed by atoms with van der Waals surface area (Å²) >= 11 is 1.17. The molecule has 2 aromatic carbocycles. The van der Waals surface area contributed by atoms with Gasteiger partial charge in [0.15, 0.2) is 4.80 Å². The number of carbonyl (C=O) groups is 1. The van der Waals surface area contributed by atoms with E-state index in [0.717, 1.165) is 31.9 Å². The number of methoxy groups -OCH3 is 1. The second kappa shape index (κ2) is 11.7. The molecule has 0 amide bonds. The van der Waals surface area contributed by atoms with E-state index < -0.39 is 16.9 Å². The van der Waals surface area contributed by atoms with Crippen molar-refractivity contribution in [1.29, 1.82) is 0 Å². The molecule has 0 radical (unpaired) electrons. The summed E-state index contributed by atoms with van der Waals surface area (Å²) in [6.45, 7) is 6.83. The van der Waals surface area contributed by atoms with Crippen LogP contribution in [0.4, 0.5) is 11.4 Å². The first kappa shape index (κ1) is 28.2. The first-order valence-corrected chi connectivity index (χ1v) is 14.1. The number of non-ortho nitro benzene ring substituents is 1. The molecule has 1 saturated heterocycles. The summed E-state index contributed by atoms with van der Waals surface area (Å²) in [7, 11) is 3.59. The fourth-order valence-electron chi connectivity index (χ4n) is 5.23. The van der Waals surface area contributed by atoms with Gasteiger partial charge in [0.2, 0.25) is 0 Å². The highest BCUT2D eigenvalue weighted by atomic mass is 32.1. The van der Waals surface area contributed by atoms with Crippen LogP contribution in [-0.2, 0) is 9.53 Å². The zero-order chi connectivity index (χ0) is 29.3. The van der Waals surface area contributed by atoms with Gasteiger partial charge in [-0.1, -0.05) is 29.5 Å². The van der Waals surface area contributed by atoms with Crippen molar-refractivity contribution in [2.45, 2.75) is 19.9 Å². The summed E-state index contributed by atoms with van der Waals surface area (Å²) in [5.74, 6) is -0.0467. The number of aromatic nitrogens is 1. The van der Waals surface area contributed by atoms with Gasteiger partial charge in [-0.15, -0.1) is 0 Å². The molecule has 0 saturated carbocycles. The van der Waals surface area contributed by atoms with Crippen molar-refractivity contribution >= 4 is 34.8 Å². The molecule has 3 heterocycles. The number of piperazine rings is 1. The second-order valence-corrected chi connectivity index (χ2v) is 10.8. The number of benzene rings is 2. The lowest BCUT2D eigenvalue weighted by molar-refractivity contribution is -0.384. The number of fused-ring (bicyclic) bond motifs is 1. The molecule has 41 heavy (non-hydrogen) atoms. The zero-order valence-corrected chi connectivity index (χ0v) is 24.1. The molecule has 1 aromatic heterocycles. The number of hydrogen-bond acceptors (Lipinski definition) is 10. The molecule has 3 aromatic rings. The van der Waals surface area contributed by atoms with Crippen LogP contribution in [0.25, 0.3) is 6.08 Å². The molecule has 0 unspecified atom stereocenters. The van der Waals surface area contributed by atoms with Gasteiger partial charge in [0, 0.05) is 55.1 Å². The predicted molar refractivity (Wildman–Crippen MR) is 156 cm³/mol. The van der Waals surface area contributed by atoms with Crippen molar-refractivity contribution in [3.8, 4) is 5.75 Å². The molecule has 0 spiro atoms. The molecular weight excluding hydrogens is 546 g/mol. The summed E-state index contributed by atoms with van der Waals surface area (Å²) in [6.07, 6.45) is 1.69. The third kappa shape index (κ3) is 5.40. The third-order valence-electron chi connectivity index (χ3n) is 7.30. The molecule has 0 bridgehead atoms. The first-order chi connectivity index (χ1) is 19.7. The highest BCUT2D eigenvalue weighted by molar-refractivity contribution is 7.07. The predicted octanol–water partition coefficient (Wildman–Crippen LogP) is 2.47. The summed E-state index contributed by atoms with van der Waals surface area (Å²) in [6, 6.07) is 11.1. The Kier molecular flexibility index (Phi) is 8.04. The van der Waals surface area contributed by atoms with E-state index in [0.29, 0.717) is 31.9 Å². The molecule has 0 N–H and O–H groups in total. The number of para-hydroxylation sites is 1. The molecular formula is C29H31N5O6S. The van der Waals surface area contributed by atoms with Gasteiger partial charge in [-0.05, 0) is 39.1 Å². The Morgan fingerprint density at radius 1 is 1.20 bits per heavy atom. The standard InChI is InChI=1S/C29H31N5O6S/c1-5-40-28(36)25-18(2)30-29-33(26(25)21-8-6-7-9-23(21)39-4)27(35)24(41-29)17-19-16-20(34(37)38)10-11-22(19)32-14-12-31(3)13-15-32/h6-11,16-17,26H,5,12-15H2,1-4H3/b24-17+/t26-/m1/s1. The molecule has 214 valence electrons. The smallest absolute Gasteiger partial charge is 0.338 e. The number of carbonyl (C=O) groups excluding carboxylic acids is 1. The Bertz CT molecular complexity index is 1720. The number of likely N-dealkylation sites (N-methyl/N-ethyl adjacent to an activating group) is 1. The fourth-order valence-corrected chi connectivity index (χ4v) is 6.26. The topological polar surface area (TPSA) is 120 Å². The van der Waals surface area contributed by atoms with Gasteiger partial charge < -0.3 is 19.3 Å². The van der Waals surface area contributed by atoms with E-state index in [-0.39, 0.29) is 23.4 Å². The highest BCUT2D eigenvalue weighted by Crippen LogP contribution is 2.35. The van der Waals surface area contributed by atoms with E-state index in [9.17, 15) is 19.7 Å². The van der Waals surface area contributed by atoms with E-state index in [1.807, 2.05) is 18.2 Å². The number of nitro benzene ring substituents is 1. The normalized spacial score (nSPS) is 17.7. The van der Waals surface area contributed by atoms with Gasteiger partial charge in [0.1, 0.15) is 11.8 Å². The zero-order valence-electron chi connectivity index (χ0n) is 23.3. The highest BCUT2D eigenvalue weighted by Gasteiger charge is 2.35. The average Bonchev–Trinajstić information content (AvgIpc) is 3.26. The van der Waals surface area contributed by atoms with E-state index in [2.05, 4.69) is 21.8 Å². The summed E-state index contributed by atoms with van der Waals surface area (Å²) in [5.41, 5.74) is 2.28. The quantitative estimate of drug-likeness (QED) is 0.239. The maximum atomic E-state index is 14.1. The number of allylic oxidation sites excluding steroid dienone is 1. The van der Waals surface area contributed by atoms with E-state index in [1.54, 1.807) is 32.1 Å². The lowest BCUT2D eigenvalue weighted by atomic mass is 9.95. The van der Waals surface area contributed by atoms with Crippen LogP contribution in [-0.4, -0.2) is 67.3 Å². The van der Waals surface area contributed by atoms with Crippen molar-refractivity contribution in [3.05, 3.63) is 94.7 Å². The summed E-state index contributed by atoms with van der Waals surface area (Å²) in [4.78, 5) is 47.9. The number of ether oxygens (including phenoxy) is 2. The first-order valence-electron chi connectivity index (χ1n) is 13.3. The number of thiazole rings is 1. The monoisotopic (exact) mass is 577 g/mol. The second-order valence-electron chi connectivity index (χ2n) is 9.83. The Morgan fingerprint density at radius 2 is 1.93 bits per heavy atom. The summed E-state index contributed by atoms with van der Waals surface area (Å²) < 4.78 is 12.8. The van der Waals surface area contributed by atoms with Crippen LogP contribution in [0.1, 0.15) is 31.0 Å². The Morgan fingerprint density at radius 3 is 2.61 bits per heavy atom. The Hall–Kier alpha value is -4.29. The van der Waals surface area contributed by atoms with Gasteiger partial charge in [-0.2, -0.15) is 0 Å². The average molecular weight is 578 g/mol. The lowest BCUT2D eigenvalue weighted by Gasteiger charge is -2.34. The van der Waals surface area contributed by atoms with Crippen LogP contribution in [0.3, 0.4) is 0 Å². The van der Waals surface area contributed by atoms with Crippen LogP contribution in [0, 0.1) is 10.1 Å². The Balaban J connectivity index is 1.72. The number of esters is 1. The Labute approximate surface area is 240 Å². The lowest BCUT2D eigenvalue weighted by Crippen LogP contribution is -2.44. The van der Waals surface area contributed by atoms with E-state index >= 15 is 0 Å². The van der Waals surface area contributed by atoms with Crippen LogP contribution >= 0.6 is 11.3 Å². The molecule has 2 aliphatic heterocycles. The van der Waals surface area contributed by atoms with Crippen molar-refractivity contribution in [3.63, 3.8) is 0 Å². The number of hydrogen-bond donors (Lipinski definition) is 0. The van der Waals surface area contributed by atoms with Gasteiger partial charge in [0.25, 0.3) is 11.2 Å². The number of nitro groups is 1. The van der Waals surface area contributed by atoms with Crippen molar-refractivity contribution < 1.29 is 19.2 Å². The van der Waals surface area contributed by atoms with E-state index in [4.69, 9.17) is 9.47 Å². The largest absolute Gasteiger partial charge is 0.496 e. The third-order valence-corrected chi connectivity index (χ3v) is 8.29. The van der Waals surface area contributed by atoms with Gasteiger partial charge in [-0.25, -0.2) is 9.79 Å². The van der Waals surface area contributed by atoms with Crippen LogP contribution in [0.15, 0.2) is 63.5 Å². The van der Waals surface area contributed by atoms with Crippen LogP contribution < -0.4 is 24.5 Å². The SMILES string of the molecule is CCOC(=O)C1=C(C)N=c2s/c(=C/c3cc([N+](=O)[O-])ccc3N3CCN(C)CC3)c(=O)n2[C@@H]1c1ccccc1OC. The molecule has 2 aliphatic rings. The van der Waals surface area contributed by atoms with Crippen LogP contribution in [0.2, 0.25) is 0 Å². The van der Waals surface area contributed by atoms with Gasteiger partial charge in [0.05, 0.1) is 34.4 Å². The summed E-state index contributed by atoms with van der Waals surface area (Å²) in [5, 5.41) is 11.6. The maximum Gasteiger partial charge on any atom is 0.338 e. The molecule has 1 fully saturated rings.